The van der Waals surface area contributed by atoms with E-state index in [9.17, 15) is 14.7 Å². The normalized spacial score (nSPS) is 29.5. The van der Waals surface area contributed by atoms with Crippen molar-refractivity contribution in [2.24, 2.45) is 11.8 Å². The highest BCUT2D eigenvalue weighted by molar-refractivity contribution is 6.23. The van der Waals surface area contributed by atoms with E-state index in [1.54, 1.807) is 12.1 Å². The maximum atomic E-state index is 13.5. The van der Waals surface area contributed by atoms with Crippen molar-refractivity contribution in [3.63, 3.8) is 0 Å². The van der Waals surface area contributed by atoms with Crippen LogP contribution in [-0.2, 0) is 15.2 Å². The highest BCUT2D eigenvalue weighted by atomic mass is 16.3. The predicted molar refractivity (Wildman–Crippen MR) is 104 cm³/mol. The molecule has 1 saturated heterocycles. The molecule has 2 bridgehead atoms. The minimum atomic E-state index is -1.50. The molecule has 0 radical (unpaired) electrons. The van der Waals surface area contributed by atoms with E-state index in [4.69, 9.17) is 0 Å². The fraction of sp³-hybridized carbons (Fsp3) is 0.167. The lowest BCUT2D eigenvalue weighted by Crippen LogP contribution is -2.53. The Hall–Kier alpha value is -3.24. The topological polar surface area (TPSA) is 57.6 Å². The Bertz CT molecular complexity index is 1110. The van der Waals surface area contributed by atoms with E-state index in [1.807, 2.05) is 66.7 Å². The zero-order valence-corrected chi connectivity index (χ0v) is 14.9. The van der Waals surface area contributed by atoms with Crippen LogP contribution in [-0.4, -0.2) is 16.9 Å². The summed E-state index contributed by atoms with van der Waals surface area (Å²) < 4.78 is 0. The third-order valence-corrected chi connectivity index (χ3v) is 6.59. The van der Waals surface area contributed by atoms with Crippen molar-refractivity contribution in [1.29, 1.82) is 0 Å². The van der Waals surface area contributed by atoms with Gasteiger partial charge in [0.1, 0.15) is 5.60 Å². The van der Waals surface area contributed by atoms with Crippen LogP contribution in [0, 0.1) is 11.8 Å². The molecule has 7 rings (SSSR count). The molecule has 0 aromatic heterocycles. The van der Waals surface area contributed by atoms with Gasteiger partial charge < -0.3 is 5.11 Å². The summed E-state index contributed by atoms with van der Waals surface area (Å²) >= 11 is 0. The third kappa shape index (κ3) is 1.65. The lowest BCUT2D eigenvalue weighted by Gasteiger charge is -2.51. The van der Waals surface area contributed by atoms with Crippen LogP contribution >= 0.6 is 0 Å². The second-order valence-corrected chi connectivity index (χ2v) is 7.77. The minimum absolute atomic E-state index is 0.225. The van der Waals surface area contributed by atoms with Crippen molar-refractivity contribution in [3.05, 3.63) is 101 Å². The number of hydrogen-bond acceptors (Lipinski definition) is 3. The van der Waals surface area contributed by atoms with Crippen LogP contribution in [0.25, 0.3) is 0 Å². The molecule has 0 unspecified atom stereocenters. The first-order chi connectivity index (χ1) is 13.6. The smallest absolute Gasteiger partial charge is 0.241 e. The molecule has 3 aromatic carbocycles. The van der Waals surface area contributed by atoms with Crippen molar-refractivity contribution in [2.75, 3.05) is 4.90 Å². The van der Waals surface area contributed by atoms with E-state index in [0.717, 1.165) is 22.3 Å². The third-order valence-electron chi connectivity index (χ3n) is 6.59. The fourth-order valence-corrected chi connectivity index (χ4v) is 5.56. The number of nitrogens with zero attached hydrogens (tertiary/aromatic N) is 1. The van der Waals surface area contributed by atoms with Crippen LogP contribution in [0.3, 0.4) is 0 Å². The number of aliphatic hydroxyl groups is 1. The number of carbonyl (C=O) groups excluding carboxylic acids is 2. The van der Waals surface area contributed by atoms with Crippen LogP contribution in [0.2, 0.25) is 0 Å². The molecular weight excluding hydrogens is 350 g/mol. The van der Waals surface area contributed by atoms with E-state index < -0.39 is 17.4 Å². The molecular formula is C24H17NO3. The molecule has 2 atom stereocenters. The van der Waals surface area contributed by atoms with E-state index in [2.05, 4.69) is 0 Å². The maximum Gasteiger partial charge on any atom is 0.241 e. The van der Waals surface area contributed by atoms with Crippen LogP contribution in [0.4, 0.5) is 5.69 Å². The Morgan fingerprint density at radius 2 is 1.25 bits per heavy atom. The Morgan fingerprint density at radius 3 is 1.86 bits per heavy atom. The first-order valence-corrected chi connectivity index (χ1v) is 9.48. The summed E-state index contributed by atoms with van der Waals surface area (Å²) in [5, 5.41) is 12.0. The second kappa shape index (κ2) is 5.18. The van der Waals surface area contributed by atoms with Crippen LogP contribution in [0.5, 0.6) is 0 Å². The fourth-order valence-electron chi connectivity index (χ4n) is 5.56. The van der Waals surface area contributed by atoms with Gasteiger partial charge in [-0.3, -0.25) is 9.59 Å². The molecule has 136 valence electrons. The lowest BCUT2D eigenvalue weighted by atomic mass is 9.52. The van der Waals surface area contributed by atoms with Crippen LogP contribution < -0.4 is 4.90 Å². The number of amides is 2. The number of anilines is 1. The summed E-state index contributed by atoms with van der Waals surface area (Å²) in [6.07, 6.45) is 0. The van der Waals surface area contributed by atoms with Crippen molar-refractivity contribution < 1.29 is 14.7 Å². The molecule has 4 heteroatoms. The monoisotopic (exact) mass is 367 g/mol. The van der Waals surface area contributed by atoms with Gasteiger partial charge in [0, 0.05) is 5.92 Å². The molecule has 4 nitrogen and oxygen atoms in total. The van der Waals surface area contributed by atoms with E-state index in [-0.39, 0.29) is 17.7 Å². The van der Waals surface area contributed by atoms with Crippen molar-refractivity contribution in [1.82, 2.24) is 0 Å². The van der Waals surface area contributed by atoms with Gasteiger partial charge in [-0.15, -0.1) is 0 Å². The highest BCUT2D eigenvalue weighted by Gasteiger charge is 2.68. The van der Waals surface area contributed by atoms with Gasteiger partial charge in [0.2, 0.25) is 11.8 Å². The number of benzene rings is 3. The van der Waals surface area contributed by atoms with E-state index in [1.165, 1.54) is 4.90 Å². The zero-order valence-electron chi connectivity index (χ0n) is 14.9. The van der Waals surface area contributed by atoms with Crippen molar-refractivity contribution >= 4 is 17.5 Å². The molecule has 1 N–H and O–H groups in total. The average Bonchev–Trinajstić information content (AvgIpc) is 3.01. The number of rotatable bonds is 1. The predicted octanol–water partition coefficient (Wildman–Crippen LogP) is 3.19. The van der Waals surface area contributed by atoms with Crippen LogP contribution in [0.15, 0.2) is 78.9 Å². The van der Waals surface area contributed by atoms with Crippen molar-refractivity contribution in [3.8, 4) is 0 Å². The lowest BCUT2D eigenvalue weighted by molar-refractivity contribution is -0.133. The summed E-state index contributed by atoms with van der Waals surface area (Å²) in [5.41, 5.74) is 2.44. The van der Waals surface area contributed by atoms with E-state index in [0.29, 0.717) is 5.69 Å². The van der Waals surface area contributed by atoms with Crippen LogP contribution in [0.1, 0.15) is 28.2 Å². The van der Waals surface area contributed by atoms with Gasteiger partial charge in [-0.25, -0.2) is 4.90 Å². The molecule has 28 heavy (non-hydrogen) atoms. The van der Waals surface area contributed by atoms with E-state index >= 15 is 0 Å². The summed E-state index contributed by atoms with van der Waals surface area (Å²) in [6, 6.07) is 24.3. The van der Waals surface area contributed by atoms with Gasteiger partial charge in [0.05, 0.1) is 17.5 Å². The first kappa shape index (κ1) is 15.8. The van der Waals surface area contributed by atoms with Gasteiger partial charge in [-0.2, -0.15) is 0 Å². The summed E-state index contributed by atoms with van der Waals surface area (Å²) in [4.78, 5) is 28.3. The van der Waals surface area contributed by atoms with Gasteiger partial charge in [0.15, 0.2) is 0 Å². The Morgan fingerprint density at radius 1 is 0.714 bits per heavy atom. The highest BCUT2D eigenvalue weighted by Crippen LogP contribution is 2.63. The summed E-state index contributed by atoms with van der Waals surface area (Å²) in [5.74, 6) is -2.18. The van der Waals surface area contributed by atoms with Gasteiger partial charge in [-0.05, 0) is 34.4 Å². The number of carbonyl (C=O) groups is 2. The molecule has 1 aliphatic heterocycles. The standard InChI is InChI=1S/C24H17NO3/c26-22-20-19-15-10-4-6-12-17(15)24(28,18-13-7-5-11-16(18)19)21(20)23(27)25(22)14-8-2-1-3-9-14/h1-13,19-21,28H/t19?,20-,21+,24?/m0/s1. The Balaban J connectivity index is 1.64. The molecule has 0 saturated carbocycles. The largest absolute Gasteiger partial charge is 0.379 e. The molecule has 3 aliphatic carbocycles. The van der Waals surface area contributed by atoms with Gasteiger partial charge in [-0.1, -0.05) is 66.7 Å². The van der Waals surface area contributed by atoms with Gasteiger partial charge >= 0.3 is 0 Å². The quantitative estimate of drug-likeness (QED) is 0.672. The Kier molecular flexibility index (Phi) is 2.92. The second-order valence-electron chi connectivity index (χ2n) is 7.77. The molecule has 3 aromatic rings. The molecule has 1 fully saturated rings. The molecule has 2 amide bonds. The SMILES string of the molecule is O=C1[C@H]2C3c4ccccc4C(O)(c4ccccc43)[C@H]2C(=O)N1c1ccccc1. The van der Waals surface area contributed by atoms with Gasteiger partial charge in [0.25, 0.3) is 0 Å². The molecule has 4 aliphatic rings. The first-order valence-electron chi connectivity index (χ1n) is 9.48. The average molecular weight is 367 g/mol. The molecule has 1 heterocycles. The summed E-state index contributed by atoms with van der Waals surface area (Å²) in [7, 11) is 0. The number of para-hydroxylation sites is 1. The number of hydrogen-bond donors (Lipinski definition) is 1. The Labute approximate surface area is 162 Å². The summed E-state index contributed by atoms with van der Waals surface area (Å²) in [6.45, 7) is 0. The maximum absolute atomic E-state index is 13.5. The number of imide groups is 1. The molecule has 0 spiro atoms. The zero-order chi connectivity index (χ0) is 19.0. The minimum Gasteiger partial charge on any atom is -0.379 e. The van der Waals surface area contributed by atoms with Crippen molar-refractivity contribution in [2.45, 2.75) is 11.5 Å².